The highest BCUT2D eigenvalue weighted by molar-refractivity contribution is 6.10. The molecule has 0 saturated heterocycles. The SMILES string of the molecule is CCOC(=O)c1ccc(-n2c(-c3ccccc3)cc(C=C(C#N)C(=O)Nc3cccc(OCC)c3)c2-c2ccccc2)cc1. The molecule has 0 spiro atoms. The molecule has 218 valence electrons. The zero-order valence-electron chi connectivity index (χ0n) is 24.5. The van der Waals surface area contributed by atoms with E-state index in [1.54, 1.807) is 49.4 Å². The minimum Gasteiger partial charge on any atom is -0.494 e. The van der Waals surface area contributed by atoms with E-state index >= 15 is 0 Å². The van der Waals surface area contributed by atoms with Crippen LogP contribution in [-0.4, -0.2) is 29.7 Å². The van der Waals surface area contributed by atoms with Gasteiger partial charge in [0.15, 0.2) is 0 Å². The Morgan fingerprint density at radius 1 is 0.818 bits per heavy atom. The van der Waals surface area contributed by atoms with Crippen LogP contribution in [0.25, 0.3) is 34.3 Å². The van der Waals surface area contributed by atoms with Gasteiger partial charge in [0.1, 0.15) is 17.4 Å². The van der Waals surface area contributed by atoms with Crippen LogP contribution in [0.2, 0.25) is 0 Å². The largest absolute Gasteiger partial charge is 0.494 e. The van der Waals surface area contributed by atoms with Crippen LogP contribution in [0.15, 0.2) is 121 Å². The highest BCUT2D eigenvalue weighted by Gasteiger charge is 2.21. The molecule has 0 bridgehead atoms. The average Bonchev–Trinajstić information content (AvgIpc) is 3.44. The second kappa shape index (κ2) is 13.9. The number of anilines is 1. The zero-order chi connectivity index (χ0) is 30.9. The second-order valence-electron chi connectivity index (χ2n) is 9.75. The highest BCUT2D eigenvalue weighted by atomic mass is 16.5. The van der Waals surface area contributed by atoms with Crippen molar-refractivity contribution in [2.24, 2.45) is 0 Å². The van der Waals surface area contributed by atoms with E-state index < -0.39 is 11.9 Å². The van der Waals surface area contributed by atoms with E-state index in [-0.39, 0.29) is 12.2 Å². The molecule has 5 rings (SSSR count). The van der Waals surface area contributed by atoms with Gasteiger partial charge in [-0.1, -0.05) is 66.7 Å². The van der Waals surface area contributed by atoms with Gasteiger partial charge in [0.2, 0.25) is 0 Å². The Morgan fingerprint density at radius 2 is 1.50 bits per heavy atom. The molecule has 0 radical (unpaired) electrons. The summed E-state index contributed by atoms with van der Waals surface area (Å²) < 4.78 is 12.8. The van der Waals surface area contributed by atoms with Crippen LogP contribution in [0.1, 0.15) is 29.8 Å². The number of nitrogens with zero attached hydrogens (tertiary/aromatic N) is 2. The van der Waals surface area contributed by atoms with Crippen molar-refractivity contribution < 1.29 is 19.1 Å². The van der Waals surface area contributed by atoms with Gasteiger partial charge in [-0.3, -0.25) is 4.79 Å². The summed E-state index contributed by atoms with van der Waals surface area (Å²) in [5.41, 5.74) is 5.85. The molecule has 1 amide bonds. The first-order chi connectivity index (χ1) is 21.5. The van der Waals surface area contributed by atoms with Crippen molar-refractivity contribution >= 4 is 23.6 Å². The summed E-state index contributed by atoms with van der Waals surface area (Å²) in [4.78, 5) is 25.7. The molecule has 1 aromatic heterocycles. The molecule has 44 heavy (non-hydrogen) atoms. The summed E-state index contributed by atoms with van der Waals surface area (Å²) >= 11 is 0. The van der Waals surface area contributed by atoms with Crippen LogP contribution in [0, 0.1) is 11.3 Å². The van der Waals surface area contributed by atoms with Gasteiger partial charge in [0.05, 0.1) is 30.2 Å². The molecule has 0 aliphatic carbocycles. The lowest BCUT2D eigenvalue weighted by molar-refractivity contribution is -0.112. The van der Waals surface area contributed by atoms with Gasteiger partial charge in [-0.2, -0.15) is 5.26 Å². The molecule has 4 aromatic carbocycles. The zero-order valence-corrected chi connectivity index (χ0v) is 24.5. The van der Waals surface area contributed by atoms with Crippen LogP contribution in [0.5, 0.6) is 5.75 Å². The summed E-state index contributed by atoms with van der Waals surface area (Å²) in [5, 5.41) is 12.9. The number of hydrogen-bond acceptors (Lipinski definition) is 5. The number of aromatic nitrogens is 1. The van der Waals surface area contributed by atoms with Gasteiger partial charge in [-0.25, -0.2) is 4.79 Å². The molecule has 0 saturated carbocycles. The predicted octanol–water partition coefficient (Wildman–Crippen LogP) is 7.93. The lowest BCUT2D eigenvalue weighted by Gasteiger charge is -2.15. The topological polar surface area (TPSA) is 93.4 Å². The van der Waals surface area contributed by atoms with Gasteiger partial charge in [0.25, 0.3) is 5.91 Å². The Balaban J connectivity index is 1.66. The molecule has 0 atom stereocenters. The van der Waals surface area contributed by atoms with Crippen molar-refractivity contribution in [3.05, 3.63) is 132 Å². The van der Waals surface area contributed by atoms with Gasteiger partial charge in [-0.15, -0.1) is 0 Å². The Kier molecular flexibility index (Phi) is 9.33. The standard InChI is InChI=1S/C37H31N3O4/c1-3-43-33-17-11-16-31(24-33)39-36(41)30(25-38)22-29-23-34(26-12-7-5-8-13-26)40(35(29)27-14-9-6-10-15-27)32-20-18-28(19-21-32)37(42)44-4-2/h5-24H,3-4H2,1-2H3,(H,39,41). The molecule has 0 aliphatic heterocycles. The van der Waals surface area contributed by atoms with Gasteiger partial charge >= 0.3 is 5.97 Å². The molecule has 1 heterocycles. The van der Waals surface area contributed by atoms with E-state index in [0.29, 0.717) is 29.2 Å². The number of hydrogen-bond donors (Lipinski definition) is 1. The maximum Gasteiger partial charge on any atom is 0.338 e. The molecule has 0 unspecified atom stereocenters. The minimum atomic E-state index is -0.534. The van der Waals surface area contributed by atoms with Crippen molar-refractivity contribution in [1.29, 1.82) is 5.26 Å². The smallest absolute Gasteiger partial charge is 0.338 e. The third-order valence-corrected chi connectivity index (χ3v) is 6.85. The minimum absolute atomic E-state index is 0.0570. The lowest BCUT2D eigenvalue weighted by Crippen LogP contribution is -2.13. The summed E-state index contributed by atoms with van der Waals surface area (Å²) in [6.45, 7) is 4.44. The quantitative estimate of drug-likeness (QED) is 0.103. The molecule has 1 N–H and O–H groups in total. The van der Waals surface area contributed by atoms with Crippen LogP contribution < -0.4 is 10.1 Å². The van der Waals surface area contributed by atoms with E-state index in [0.717, 1.165) is 28.2 Å². The van der Waals surface area contributed by atoms with E-state index in [1.165, 1.54) is 0 Å². The number of amides is 1. The first-order valence-corrected chi connectivity index (χ1v) is 14.3. The Bertz CT molecular complexity index is 1830. The monoisotopic (exact) mass is 581 g/mol. The molecular formula is C37H31N3O4. The van der Waals surface area contributed by atoms with Crippen molar-refractivity contribution in [2.75, 3.05) is 18.5 Å². The number of benzene rings is 4. The molecule has 5 aromatic rings. The highest BCUT2D eigenvalue weighted by Crippen LogP contribution is 2.37. The van der Waals surface area contributed by atoms with E-state index in [9.17, 15) is 14.9 Å². The van der Waals surface area contributed by atoms with Crippen molar-refractivity contribution in [1.82, 2.24) is 4.57 Å². The molecule has 0 aliphatic rings. The number of carbonyl (C=O) groups excluding carboxylic acids is 2. The molecule has 7 heteroatoms. The van der Waals surface area contributed by atoms with Crippen molar-refractivity contribution in [3.63, 3.8) is 0 Å². The second-order valence-corrected chi connectivity index (χ2v) is 9.75. The number of nitrogens with one attached hydrogen (secondary N) is 1. The number of rotatable bonds is 10. The maximum absolute atomic E-state index is 13.4. The van der Waals surface area contributed by atoms with Crippen LogP contribution in [0.4, 0.5) is 5.69 Å². The fraction of sp³-hybridized carbons (Fsp3) is 0.108. The fourth-order valence-electron chi connectivity index (χ4n) is 4.91. The van der Waals surface area contributed by atoms with E-state index in [1.807, 2.05) is 85.8 Å². The van der Waals surface area contributed by atoms with Crippen LogP contribution >= 0.6 is 0 Å². The average molecular weight is 582 g/mol. The first kappa shape index (κ1) is 29.6. The summed E-state index contributed by atoms with van der Waals surface area (Å²) in [5.74, 6) is -0.302. The molecule has 0 fully saturated rings. The predicted molar refractivity (Wildman–Crippen MR) is 172 cm³/mol. The van der Waals surface area contributed by atoms with Crippen molar-refractivity contribution in [3.8, 4) is 40.0 Å². The Hall–Kier alpha value is -5.87. The lowest BCUT2D eigenvalue weighted by atomic mass is 10.0. The molecule has 7 nitrogen and oxygen atoms in total. The molecular weight excluding hydrogens is 550 g/mol. The van der Waals surface area contributed by atoms with Gasteiger partial charge in [0, 0.05) is 23.0 Å². The maximum atomic E-state index is 13.4. The van der Waals surface area contributed by atoms with Crippen LogP contribution in [-0.2, 0) is 9.53 Å². The fourth-order valence-corrected chi connectivity index (χ4v) is 4.91. The third-order valence-electron chi connectivity index (χ3n) is 6.85. The van der Waals surface area contributed by atoms with E-state index in [4.69, 9.17) is 9.47 Å². The Morgan fingerprint density at radius 3 is 2.14 bits per heavy atom. The number of esters is 1. The number of ether oxygens (including phenoxy) is 2. The Labute approximate surface area is 256 Å². The summed E-state index contributed by atoms with van der Waals surface area (Å²) in [7, 11) is 0. The van der Waals surface area contributed by atoms with Gasteiger partial charge < -0.3 is 19.4 Å². The van der Waals surface area contributed by atoms with Gasteiger partial charge in [-0.05, 0) is 73.5 Å². The third kappa shape index (κ3) is 6.61. The summed E-state index contributed by atoms with van der Waals surface area (Å²) in [6, 6.07) is 37.9. The number of nitriles is 1. The van der Waals surface area contributed by atoms with Crippen molar-refractivity contribution in [2.45, 2.75) is 13.8 Å². The first-order valence-electron chi connectivity index (χ1n) is 14.3. The summed E-state index contributed by atoms with van der Waals surface area (Å²) in [6.07, 6.45) is 1.61. The van der Waals surface area contributed by atoms with Crippen LogP contribution in [0.3, 0.4) is 0 Å². The van der Waals surface area contributed by atoms with E-state index in [2.05, 4.69) is 16.0 Å². The normalized spacial score (nSPS) is 11.0. The number of carbonyl (C=O) groups is 2.